The molecule has 37 heavy (non-hydrogen) atoms. The molecule has 1 N–H and O–H groups in total. The lowest BCUT2D eigenvalue weighted by molar-refractivity contribution is 0.0917. The summed E-state index contributed by atoms with van der Waals surface area (Å²) in [5.41, 5.74) is 5.36. The molecule has 4 aromatic rings. The van der Waals surface area contributed by atoms with Crippen LogP contribution in [0.2, 0.25) is 10.0 Å². The van der Waals surface area contributed by atoms with E-state index in [1.807, 2.05) is 48.7 Å². The van der Waals surface area contributed by atoms with Crippen molar-refractivity contribution >= 4 is 29.1 Å². The molecule has 2 heterocycles. The maximum atomic E-state index is 13.5. The Kier molecular flexibility index (Phi) is 7.89. The molecule has 8 heteroatoms. The average molecular weight is 535 g/mol. The van der Waals surface area contributed by atoms with Crippen LogP contribution in [0.25, 0.3) is 28.1 Å². The molecule has 0 saturated heterocycles. The second-order valence-corrected chi connectivity index (χ2v) is 10.1. The van der Waals surface area contributed by atoms with Crippen molar-refractivity contribution in [1.82, 2.24) is 20.1 Å². The van der Waals surface area contributed by atoms with Gasteiger partial charge in [-0.1, -0.05) is 72.8 Å². The molecule has 2 aromatic heterocycles. The molecule has 2 aromatic carbocycles. The lowest BCUT2D eigenvalue weighted by atomic mass is 9.95. The fourth-order valence-corrected chi connectivity index (χ4v) is 5.38. The average Bonchev–Trinajstić information content (AvgIpc) is 3.29. The van der Waals surface area contributed by atoms with Crippen LogP contribution in [0.4, 0.5) is 0 Å². The maximum absolute atomic E-state index is 13.5. The Hall–Kier alpha value is -3.19. The van der Waals surface area contributed by atoms with Crippen LogP contribution in [0, 0.1) is 0 Å². The van der Waals surface area contributed by atoms with Crippen LogP contribution in [0.1, 0.15) is 48.2 Å². The fourth-order valence-electron chi connectivity index (χ4n) is 4.89. The van der Waals surface area contributed by atoms with Gasteiger partial charge in [0.2, 0.25) is 0 Å². The van der Waals surface area contributed by atoms with Crippen LogP contribution < -0.4 is 5.32 Å². The van der Waals surface area contributed by atoms with Crippen LogP contribution in [0.5, 0.6) is 0 Å². The number of carbonyl (C=O) groups is 1. The van der Waals surface area contributed by atoms with Crippen molar-refractivity contribution in [3.8, 4) is 28.1 Å². The number of nitrogens with zero attached hydrogens (tertiary/aromatic N) is 3. The quantitative estimate of drug-likeness (QED) is 0.274. The van der Waals surface area contributed by atoms with Crippen LogP contribution in [-0.2, 0) is 11.3 Å². The number of ether oxygens (including phenoxy) is 1. The Balaban J connectivity index is 1.62. The first-order valence-electron chi connectivity index (χ1n) is 12.4. The summed E-state index contributed by atoms with van der Waals surface area (Å²) < 4.78 is 7.29. The molecule has 1 saturated carbocycles. The van der Waals surface area contributed by atoms with E-state index >= 15 is 0 Å². The molecule has 0 radical (unpaired) electrons. The number of benzene rings is 2. The molecular formula is C29H28Cl2N4O2. The summed E-state index contributed by atoms with van der Waals surface area (Å²) >= 11 is 12.8. The Bertz CT molecular complexity index is 1380. The van der Waals surface area contributed by atoms with Crippen LogP contribution in [0.15, 0.2) is 67.0 Å². The van der Waals surface area contributed by atoms with Crippen LogP contribution in [-0.4, -0.2) is 33.8 Å². The smallest absolute Gasteiger partial charge is 0.272 e. The minimum atomic E-state index is -0.198. The zero-order chi connectivity index (χ0) is 25.8. The minimum Gasteiger partial charge on any atom is -0.380 e. The second-order valence-electron chi connectivity index (χ2n) is 9.24. The van der Waals surface area contributed by atoms with Crippen molar-refractivity contribution in [3.63, 3.8) is 0 Å². The number of rotatable bonds is 7. The van der Waals surface area contributed by atoms with Gasteiger partial charge < -0.3 is 10.1 Å². The normalized spacial score (nSPS) is 14.0. The van der Waals surface area contributed by atoms with E-state index in [9.17, 15) is 4.79 Å². The highest BCUT2D eigenvalue weighted by molar-refractivity contribution is 6.35. The van der Waals surface area contributed by atoms with Gasteiger partial charge in [-0.2, -0.15) is 5.10 Å². The van der Waals surface area contributed by atoms with Gasteiger partial charge in [0.05, 0.1) is 23.0 Å². The third-order valence-corrected chi connectivity index (χ3v) is 7.26. The largest absolute Gasteiger partial charge is 0.380 e. The summed E-state index contributed by atoms with van der Waals surface area (Å²) in [5, 5.41) is 8.96. The molecule has 1 fully saturated rings. The lowest BCUT2D eigenvalue weighted by Gasteiger charge is -2.22. The van der Waals surface area contributed by atoms with Gasteiger partial charge in [0.1, 0.15) is 0 Å². The molecule has 190 valence electrons. The Morgan fingerprint density at radius 1 is 1.03 bits per heavy atom. The SMILES string of the molecule is COCc1c(C(=O)NC2CCCCC2)nn(-c2ccc(Cl)cc2Cl)c1-c1ccc(-c2cccnc2)cc1. The fraction of sp³-hybridized carbons (Fsp3) is 0.276. The van der Waals surface area contributed by atoms with Crippen molar-refractivity contribution in [1.29, 1.82) is 0 Å². The maximum Gasteiger partial charge on any atom is 0.272 e. The third-order valence-electron chi connectivity index (χ3n) is 6.72. The highest BCUT2D eigenvalue weighted by Gasteiger charge is 2.27. The number of aromatic nitrogens is 3. The van der Waals surface area contributed by atoms with Gasteiger partial charge in [-0.25, -0.2) is 4.68 Å². The van der Waals surface area contributed by atoms with Crippen LogP contribution in [0.3, 0.4) is 0 Å². The van der Waals surface area contributed by atoms with Crippen molar-refractivity contribution in [2.24, 2.45) is 0 Å². The van der Waals surface area contributed by atoms with E-state index in [0.29, 0.717) is 27.0 Å². The topological polar surface area (TPSA) is 69.0 Å². The van der Waals surface area contributed by atoms with Crippen molar-refractivity contribution in [2.45, 2.75) is 44.8 Å². The highest BCUT2D eigenvalue weighted by Crippen LogP contribution is 2.34. The summed E-state index contributed by atoms with van der Waals surface area (Å²) in [7, 11) is 1.62. The number of methoxy groups -OCH3 is 1. The van der Waals surface area contributed by atoms with Crippen molar-refractivity contribution in [2.75, 3.05) is 7.11 Å². The van der Waals surface area contributed by atoms with Crippen molar-refractivity contribution in [3.05, 3.63) is 88.3 Å². The number of pyridine rings is 1. The molecule has 0 unspecified atom stereocenters. The molecule has 0 spiro atoms. The lowest BCUT2D eigenvalue weighted by Crippen LogP contribution is -2.36. The van der Waals surface area contributed by atoms with Gasteiger partial charge >= 0.3 is 0 Å². The molecule has 5 rings (SSSR count). The number of hydrogen-bond acceptors (Lipinski definition) is 4. The van der Waals surface area contributed by atoms with E-state index < -0.39 is 0 Å². The minimum absolute atomic E-state index is 0.156. The van der Waals surface area contributed by atoms with Gasteiger partial charge in [-0.3, -0.25) is 9.78 Å². The summed E-state index contributed by atoms with van der Waals surface area (Å²) in [6.45, 7) is 0.221. The molecule has 1 amide bonds. The molecule has 0 atom stereocenters. The van der Waals surface area contributed by atoms with Crippen molar-refractivity contribution < 1.29 is 9.53 Å². The summed E-state index contributed by atoms with van der Waals surface area (Å²) in [6, 6.07) is 17.4. The monoisotopic (exact) mass is 534 g/mol. The molecular weight excluding hydrogens is 507 g/mol. The van der Waals surface area contributed by atoms with Gasteiger partial charge in [-0.05, 0) is 48.2 Å². The van der Waals surface area contributed by atoms with Gasteiger partial charge in [-0.15, -0.1) is 0 Å². The third kappa shape index (κ3) is 5.57. The predicted octanol–water partition coefficient (Wildman–Crippen LogP) is 7.12. The molecule has 0 aliphatic heterocycles. The first-order chi connectivity index (χ1) is 18.0. The molecule has 6 nitrogen and oxygen atoms in total. The summed E-state index contributed by atoms with van der Waals surface area (Å²) in [4.78, 5) is 17.7. The number of halogens is 2. The molecule has 1 aliphatic carbocycles. The Labute approximate surface area is 226 Å². The highest BCUT2D eigenvalue weighted by atomic mass is 35.5. The predicted molar refractivity (Wildman–Crippen MR) is 147 cm³/mol. The standard InChI is InChI=1S/C29H28Cl2N4O2/c1-37-18-24-27(29(36)33-23-7-3-2-4-8-23)34-35(26-14-13-22(30)16-25(26)31)28(24)20-11-9-19(10-12-20)21-6-5-15-32-17-21/h5-6,9-17,23H,2-4,7-8,18H2,1H3,(H,33,36). The van der Waals surface area contributed by atoms with E-state index in [-0.39, 0.29) is 18.6 Å². The number of nitrogens with one attached hydrogen (secondary N) is 1. The molecule has 1 aliphatic rings. The zero-order valence-corrected chi connectivity index (χ0v) is 22.1. The summed E-state index contributed by atoms with van der Waals surface area (Å²) in [5.74, 6) is -0.198. The van der Waals surface area contributed by atoms with Gasteiger partial charge in [0, 0.05) is 41.7 Å². The number of carbonyl (C=O) groups excluding carboxylic acids is 1. The zero-order valence-electron chi connectivity index (χ0n) is 20.6. The number of hydrogen-bond donors (Lipinski definition) is 1. The Morgan fingerprint density at radius 2 is 1.78 bits per heavy atom. The second kappa shape index (κ2) is 11.5. The van der Waals surface area contributed by atoms with E-state index in [0.717, 1.165) is 48.1 Å². The van der Waals surface area contributed by atoms with E-state index in [4.69, 9.17) is 33.0 Å². The first-order valence-corrected chi connectivity index (χ1v) is 13.2. The van der Waals surface area contributed by atoms with Gasteiger partial charge in [0.15, 0.2) is 5.69 Å². The summed E-state index contributed by atoms with van der Waals surface area (Å²) in [6.07, 6.45) is 9.01. The van der Waals surface area contributed by atoms with E-state index in [2.05, 4.69) is 10.3 Å². The number of amides is 1. The van der Waals surface area contributed by atoms with E-state index in [1.165, 1.54) is 6.42 Å². The Morgan fingerprint density at radius 3 is 2.46 bits per heavy atom. The molecule has 0 bridgehead atoms. The van der Waals surface area contributed by atoms with Crippen LogP contribution >= 0.6 is 23.2 Å². The first kappa shape index (κ1) is 25.5. The van der Waals surface area contributed by atoms with E-state index in [1.54, 1.807) is 30.1 Å². The van der Waals surface area contributed by atoms with Gasteiger partial charge in [0.25, 0.3) is 5.91 Å².